The summed E-state index contributed by atoms with van der Waals surface area (Å²) in [5, 5.41) is 22.7. The fourth-order valence-electron chi connectivity index (χ4n) is 2.70. The van der Waals surface area contributed by atoms with Crippen LogP contribution in [0, 0.1) is 21.4 Å². The summed E-state index contributed by atoms with van der Waals surface area (Å²) in [5.74, 6) is 1.39. The third kappa shape index (κ3) is 4.00. The Morgan fingerprint density at radius 2 is 2.00 bits per heavy atom. The van der Waals surface area contributed by atoms with Gasteiger partial charge in [-0.05, 0) is 42.0 Å². The van der Waals surface area contributed by atoms with Crippen molar-refractivity contribution < 1.29 is 14.4 Å². The van der Waals surface area contributed by atoms with Crippen LogP contribution in [-0.4, -0.2) is 16.7 Å². The third-order valence-corrected chi connectivity index (χ3v) is 5.05. The molecule has 0 fully saturated rings. The van der Waals surface area contributed by atoms with Crippen LogP contribution < -0.4 is 9.47 Å². The molecular weight excluding hydrogens is 390 g/mol. The molecule has 0 radical (unpaired) electrons. The van der Waals surface area contributed by atoms with Gasteiger partial charge in [-0.25, -0.2) is 4.98 Å². The van der Waals surface area contributed by atoms with Crippen LogP contribution in [0.2, 0.25) is 0 Å². The molecule has 0 bridgehead atoms. The number of non-ortho nitro benzene ring substituents is 1. The second-order valence-corrected chi connectivity index (χ2v) is 6.86. The molecule has 0 aliphatic carbocycles. The SMILES string of the molecule is N#CC(=CC=Cc1ccc([N+](=O)[O-])cc1)c1nc(-c2ccc3c(c2)OCO3)cs1. The van der Waals surface area contributed by atoms with Gasteiger partial charge < -0.3 is 9.47 Å². The average Bonchev–Trinajstić information content (AvgIpc) is 3.40. The molecule has 0 saturated carbocycles. The van der Waals surface area contributed by atoms with Crippen molar-refractivity contribution in [2.24, 2.45) is 0 Å². The molecule has 2 heterocycles. The van der Waals surface area contributed by atoms with Gasteiger partial charge >= 0.3 is 0 Å². The van der Waals surface area contributed by atoms with Crippen LogP contribution in [-0.2, 0) is 0 Å². The lowest BCUT2D eigenvalue weighted by Gasteiger charge is -1.99. The van der Waals surface area contributed by atoms with Gasteiger partial charge in [-0.3, -0.25) is 10.1 Å². The molecule has 0 unspecified atom stereocenters. The number of hydrogen-bond donors (Lipinski definition) is 0. The van der Waals surface area contributed by atoms with Crippen LogP contribution >= 0.6 is 11.3 Å². The first-order valence-corrected chi connectivity index (χ1v) is 9.41. The van der Waals surface area contributed by atoms with E-state index in [1.165, 1.54) is 23.5 Å². The molecule has 0 amide bonds. The maximum Gasteiger partial charge on any atom is 0.269 e. The van der Waals surface area contributed by atoms with E-state index in [0.29, 0.717) is 22.1 Å². The van der Waals surface area contributed by atoms with Crippen LogP contribution in [0.5, 0.6) is 11.5 Å². The van der Waals surface area contributed by atoms with Crippen molar-refractivity contribution in [2.45, 2.75) is 0 Å². The number of rotatable bonds is 5. The maximum atomic E-state index is 10.7. The van der Waals surface area contributed by atoms with Crippen LogP contribution in [0.3, 0.4) is 0 Å². The monoisotopic (exact) mass is 403 g/mol. The van der Waals surface area contributed by atoms with Gasteiger partial charge in [0.1, 0.15) is 11.1 Å². The Kier molecular flexibility index (Phi) is 5.05. The van der Waals surface area contributed by atoms with E-state index >= 15 is 0 Å². The molecule has 0 N–H and O–H groups in total. The van der Waals surface area contributed by atoms with E-state index in [9.17, 15) is 15.4 Å². The number of allylic oxidation sites excluding steroid dienone is 3. The molecule has 0 saturated heterocycles. The van der Waals surface area contributed by atoms with Gasteiger partial charge in [-0.15, -0.1) is 11.3 Å². The molecular formula is C21H13N3O4S. The molecule has 0 spiro atoms. The van der Waals surface area contributed by atoms with E-state index in [0.717, 1.165) is 16.8 Å². The lowest BCUT2D eigenvalue weighted by Crippen LogP contribution is -1.92. The number of nitro groups is 1. The average molecular weight is 403 g/mol. The van der Waals surface area contributed by atoms with Crippen molar-refractivity contribution >= 4 is 28.7 Å². The predicted molar refractivity (Wildman–Crippen MR) is 109 cm³/mol. The standard InChI is InChI=1S/C21H13N3O4S/c22-11-16(3-1-2-14-4-7-17(8-5-14)24(25)26)21-23-18(12-29-21)15-6-9-19-20(10-15)28-13-27-19/h1-10,12H,13H2. The molecule has 29 heavy (non-hydrogen) atoms. The highest BCUT2D eigenvalue weighted by atomic mass is 32.1. The predicted octanol–water partition coefficient (Wildman–Crippen LogP) is 5.07. The summed E-state index contributed by atoms with van der Waals surface area (Å²) in [6.45, 7) is 0.212. The zero-order valence-corrected chi connectivity index (χ0v) is 15.8. The molecule has 0 atom stereocenters. The van der Waals surface area contributed by atoms with E-state index in [1.54, 1.807) is 30.4 Å². The summed E-state index contributed by atoms with van der Waals surface area (Å²) in [4.78, 5) is 14.8. The zero-order chi connectivity index (χ0) is 20.2. The number of nitrogens with zero attached hydrogens (tertiary/aromatic N) is 3. The molecule has 7 nitrogen and oxygen atoms in total. The van der Waals surface area contributed by atoms with Crippen molar-refractivity contribution in [1.82, 2.24) is 4.98 Å². The third-order valence-electron chi connectivity index (χ3n) is 4.18. The molecule has 1 aliphatic heterocycles. The van der Waals surface area contributed by atoms with Gasteiger partial charge in [-0.1, -0.05) is 12.2 Å². The molecule has 2 aromatic carbocycles. The van der Waals surface area contributed by atoms with Crippen LogP contribution in [0.1, 0.15) is 10.6 Å². The second-order valence-electron chi connectivity index (χ2n) is 6.01. The molecule has 1 aromatic heterocycles. The molecule has 3 aromatic rings. The highest BCUT2D eigenvalue weighted by Gasteiger charge is 2.15. The smallest absolute Gasteiger partial charge is 0.269 e. The summed E-state index contributed by atoms with van der Waals surface area (Å²) in [5.41, 5.74) is 2.90. The first-order chi connectivity index (χ1) is 14.1. The van der Waals surface area contributed by atoms with Gasteiger partial charge in [0.15, 0.2) is 11.5 Å². The number of nitro benzene ring substituents is 1. The first kappa shape index (κ1) is 18.4. The van der Waals surface area contributed by atoms with Crippen molar-refractivity contribution in [2.75, 3.05) is 6.79 Å². The van der Waals surface area contributed by atoms with Crippen molar-refractivity contribution in [3.05, 3.63) is 80.7 Å². The van der Waals surface area contributed by atoms with E-state index in [2.05, 4.69) is 11.1 Å². The van der Waals surface area contributed by atoms with Crippen molar-refractivity contribution in [3.63, 3.8) is 0 Å². The highest BCUT2D eigenvalue weighted by molar-refractivity contribution is 7.11. The van der Waals surface area contributed by atoms with Crippen LogP contribution in [0.15, 0.2) is 60.0 Å². The number of benzene rings is 2. The summed E-state index contributed by atoms with van der Waals surface area (Å²) in [6.07, 6.45) is 5.17. The van der Waals surface area contributed by atoms with Gasteiger partial charge in [0.25, 0.3) is 5.69 Å². The molecule has 8 heteroatoms. The summed E-state index contributed by atoms with van der Waals surface area (Å²) in [6, 6.07) is 13.9. The highest BCUT2D eigenvalue weighted by Crippen LogP contribution is 2.36. The Balaban J connectivity index is 1.52. The molecule has 1 aliphatic rings. The Bertz CT molecular complexity index is 1170. The largest absolute Gasteiger partial charge is 0.454 e. The van der Waals surface area contributed by atoms with E-state index in [4.69, 9.17) is 9.47 Å². The summed E-state index contributed by atoms with van der Waals surface area (Å²) in [7, 11) is 0. The van der Waals surface area contributed by atoms with Crippen molar-refractivity contribution in [1.29, 1.82) is 5.26 Å². The number of hydrogen-bond acceptors (Lipinski definition) is 7. The summed E-state index contributed by atoms with van der Waals surface area (Å²) < 4.78 is 10.7. The Labute approximate surface area is 169 Å². The Hall–Kier alpha value is -3.96. The molecule has 142 valence electrons. The minimum atomic E-state index is -0.443. The van der Waals surface area contributed by atoms with Gasteiger partial charge in [0.2, 0.25) is 6.79 Å². The number of ether oxygens (including phenoxy) is 2. The van der Waals surface area contributed by atoms with Crippen molar-refractivity contribution in [3.8, 4) is 28.8 Å². The van der Waals surface area contributed by atoms with E-state index in [-0.39, 0.29) is 12.5 Å². The second kappa shape index (κ2) is 7.96. The minimum absolute atomic E-state index is 0.0363. The fraction of sp³-hybridized carbons (Fsp3) is 0.0476. The number of aromatic nitrogens is 1. The lowest BCUT2D eigenvalue weighted by molar-refractivity contribution is -0.384. The molecule has 4 rings (SSSR count). The normalized spacial score (nSPS) is 12.9. The van der Waals surface area contributed by atoms with E-state index in [1.807, 2.05) is 23.6 Å². The lowest BCUT2D eigenvalue weighted by atomic mass is 10.1. The number of fused-ring (bicyclic) bond motifs is 1. The topological polar surface area (TPSA) is 98.3 Å². The van der Waals surface area contributed by atoms with Gasteiger partial charge in [-0.2, -0.15) is 5.26 Å². The first-order valence-electron chi connectivity index (χ1n) is 8.53. The Morgan fingerprint density at radius 1 is 1.21 bits per heavy atom. The minimum Gasteiger partial charge on any atom is -0.454 e. The van der Waals surface area contributed by atoms with Crippen LogP contribution in [0.4, 0.5) is 5.69 Å². The van der Waals surface area contributed by atoms with E-state index < -0.39 is 4.92 Å². The number of thiazole rings is 1. The van der Waals surface area contributed by atoms with Gasteiger partial charge in [0, 0.05) is 23.1 Å². The maximum absolute atomic E-state index is 10.7. The zero-order valence-electron chi connectivity index (χ0n) is 14.9. The number of nitriles is 1. The van der Waals surface area contributed by atoms with Gasteiger partial charge in [0.05, 0.1) is 16.2 Å². The quantitative estimate of drug-likeness (QED) is 0.255. The Morgan fingerprint density at radius 3 is 2.76 bits per heavy atom. The van der Waals surface area contributed by atoms with Crippen LogP contribution in [0.25, 0.3) is 22.9 Å². The fourth-order valence-corrected chi connectivity index (χ4v) is 3.51. The summed E-state index contributed by atoms with van der Waals surface area (Å²) >= 11 is 1.38.